The van der Waals surface area contributed by atoms with E-state index >= 15 is 0 Å². The Morgan fingerprint density at radius 2 is 1.75 bits per heavy atom. The van der Waals surface area contributed by atoms with E-state index in [0.717, 1.165) is 0 Å². The zero-order valence-corrected chi connectivity index (χ0v) is 6.90. The van der Waals surface area contributed by atoms with Crippen molar-refractivity contribution in [2.24, 2.45) is 0 Å². The number of hydrogen-bond donors (Lipinski definition) is 1. The van der Waals surface area contributed by atoms with Crippen LogP contribution in [0.2, 0.25) is 0 Å². The van der Waals surface area contributed by atoms with Gasteiger partial charge in [0.15, 0.2) is 0 Å². The Bertz CT molecular complexity index is 80.1. The molecule has 0 atom stereocenters. The van der Waals surface area contributed by atoms with Crippen LogP contribution in [0, 0.1) is 5.41 Å². The Morgan fingerprint density at radius 1 is 1.38 bits per heavy atom. The summed E-state index contributed by atoms with van der Waals surface area (Å²) in [6.07, 6.45) is 3.91. The van der Waals surface area contributed by atoms with Crippen molar-refractivity contribution in [3.05, 3.63) is 0 Å². The Kier molecular flexibility index (Phi) is 4.18. The zero-order chi connectivity index (χ0) is 6.57. The molecule has 0 heterocycles. The minimum absolute atomic E-state index is 0.588. The van der Waals surface area contributed by atoms with Gasteiger partial charge in [-0.1, -0.05) is 0 Å². The maximum atomic E-state index is 7.14. The van der Waals surface area contributed by atoms with Gasteiger partial charge in [-0.15, -0.1) is 0 Å². The molecule has 0 aromatic carbocycles. The molecule has 0 spiro atoms. The molecule has 0 aromatic heterocycles. The van der Waals surface area contributed by atoms with Crippen LogP contribution in [0.3, 0.4) is 0 Å². The molecule has 0 aliphatic carbocycles. The van der Waals surface area contributed by atoms with E-state index in [0.29, 0.717) is 5.84 Å². The molecule has 0 aliphatic heterocycles. The second kappa shape index (κ2) is 4.09. The van der Waals surface area contributed by atoms with Gasteiger partial charge in [-0.05, 0) is 30.8 Å². The lowest BCUT2D eigenvalue weighted by atomic mass is 10.7. The average molecular weight is 150 g/mol. The summed E-state index contributed by atoms with van der Waals surface area (Å²) in [7, 11) is 0. The summed E-state index contributed by atoms with van der Waals surface area (Å²) in [4.78, 5) is 0. The van der Waals surface area contributed by atoms with Crippen LogP contribution in [0.1, 0.15) is 6.92 Å². The third-order valence-electron chi connectivity index (χ3n) is 0.606. The normalized spacial score (nSPS) is 8.88. The Balaban J connectivity index is 3.52. The van der Waals surface area contributed by atoms with E-state index in [1.165, 1.54) is 0 Å². The summed E-state index contributed by atoms with van der Waals surface area (Å²) in [5, 5.41) is 7.14. The number of hydrogen-bond acceptors (Lipinski definition) is 3. The Labute approximate surface area is 58.8 Å². The summed E-state index contributed by atoms with van der Waals surface area (Å²) in [5.41, 5.74) is 0. The van der Waals surface area contributed by atoms with Crippen molar-refractivity contribution in [1.29, 1.82) is 5.41 Å². The molecular weight excluding hydrogens is 140 g/mol. The smallest absolute Gasteiger partial charge is 0.114 e. The van der Waals surface area contributed by atoms with Gasteiger partial charge in [0.25, 0.3) is 0 Å². The fraction of sp³-hybridized carbons (Fsp3) is 0.750. The first-order valence-corrected chi connectivity index (χ1v) is 4.52. The van der Waals surface area contributed by atoms with Gasteiger partial charge >= 0.3 is 0 Å². The molecule has 0 aliphatic rings. The molecule has 4 heteroatoms. The van der Waals surface area contributed by atoms with Crippen LogP contribution >= 0.6 is 23.9 Å². The molecule has 0 rings (SSSR count). The molecule has 2 nitrogen and oxygen atoms in total. The summed E-state index contributed by atoms with van der Waals surface area (Å²) in [5.74, 6) is 0.588. The predicted molar refractivity (Wildman–Crippen MR) is 42.3 cm³/mol. The van der Waals surface area contributed by atoms with Crippen molar-refractivity contribution in [2.75, 3.05) is 12.5 Å². The van der Waals surface area contributed by atoms with E-state index < -0.39 is 0 Å². The van der Waals surface area contributed by atoms with E-state index in [1.807, 2.05) is 16.2 Å². The second-order valence-electron chi connectivity index (χ2n) is 1.21. The standard InChI is InChI=1S/C4H10N2S2/c1-4(5)6(7-2)8-3/h5H,1-3H3. The first-order chi connectivity index (χ1) is 3.72. The third-order valence-corrected chi connectivity index (χ3v) is 2.71. The van der Waals surface area contributed by atoms with Gasteiger partial charge in [0, 0.05) is 12.5 Å². The van der Waals surface area contributed by atoms with Crippen LogP contribution in [0.4, 0.5) is 0 Å². The third kappa shape index (κ3) is 2.47. The van der Waals surface area contributed by atoms with Gasteiger partial charge in [-0.2, -0.15) is 0 Å². The summed E-state index contributed by atoms with van der Waals surface area (Å²) in [6.45, 7) is 1.77. The first kappa shape index (κ1) is 8.17. The monoisotopic (exact) mass is 150 g/mol. The predicted octanol–water partition coefficient (Wildman–Crippen LogP) is 1.84. The van der Waals surface area contributed by atoms with Gasteiger partial charge in [0.1, 0.15) is 5.84 Å². The van der Waals surface area contributed by atoms with E-state index in [1.54, 1.807) is 30.8 Å². The fourth-order valence-corrected chi connectivity index (χ4v) is 1.49. The van der Waals surface area contributed by atoms with E-state index in [4.69, 9.17) is 5.41 Å². The summed E-state index contributed by atoms with van der Waals surface area (Å²) < 4.78 is 1.83. The lowest BCUT2D eigenvalue weighted by molar-refractivity contribution is 1.09. The molecule has 0 saturated heterocycles. The van der Waals surface area contributed by atoms with Crippen LogP contribution in [0.5, 0.6) is 0 Å². The van der Waals surface area contributed by atoms with Crippen molar-refractivity contribution in [3.63, 3.8) is 0 Å². The topological polar surface area (TPSA) is 27.1 Å². The van der Waals surface area contributed by atoms with Crippen LogP contribution in [0.15, 0.2) is 0 Å². The van der Waals surface area contributed by atoms with Crippen molar-refractivity contribution in [2.45, 2.75) is 6.92 Å². The van der Waals surface area contributed by atoms with Gasteiger partial charge < -0.3 is 0 Å². The van der Waals surface area contributed by atoms with Gasteiger partial charge in [-0.3, -0.25) is 5.41 Å². The van der Waals surface area contributed by atoms with Gasteiger partial charge in [0.2, 0.25) is 0 Å². The highest BCUT2D eigenvalue weighted by Gasteiger charge is 1.97. The van der Waals surface area contributed by atoms with Gasteiger partial charge in [-0.25, -0.2) is 3.71 Å². The Morgan fingerprint density at radius 3 is 1.75 bits per heavy atom. The van der Waals surface area contributed by atoms with E-state index in [-0.39, 0.29) is 0 Å². The van der Waals surface area contributed by atoms with Crippen molar-refractivity contribution < 1.29 is 0 Å². The lowest BCUT2D eigenvalue weighted by Crippen LogP contribution is -2.10. The molecule has 0 amide bonds. The molecule has 8 heavy (non-hydrogen) atoms. The molecular formula is C4H10N2S2. The van der Waals surface area contributed by atoms with Crippen LogP contribution in [-0.2, 0) is 0 Å². The van der Waals surface area contributed by atoms with Crippen molar-refractivity contribution in [1.82, 2.24) is 3.71 Å². The highest BCUT2D eigenvalue weighted by molar-refractivity contribution is 8.12. The molecule has 1 N–H and O–H groups in total. The quantitative estimate of drug-likeness (QED) is 0.370. The minimum atomic E-state index is 0.588. The molecule has 0 aromatic rings. The highest BCUT2D eigenvalue weighted by Crippen LogP contribution is 2.15. The SMILES string of the molecule is CSN(SC)C(C)=N. The van der Waals surface area contributed by atoms with E-state index in [2.05, 4.69) is 0 Å². The largest absolute Gasteiger partial charge is 0.287 e. The molecule has 0 saturated carbocycles. The molecule has 0 radical (unpaired) electrons. The van der Waals surface area contributed by atoms with Gasteiger partial charge in [0.05, 0.1) is 0 Å². The second-order valence-corrected chi connectivity index (χ2v) is 2.90. The average Bonchev–Trinajstić information content (AvgIpc) is 1.69. The number of nitrogens with zero attached hydrogens (tertiary/aromatic N) is 1. The number of rotatable bonds is 2. The number of amidine groups is 1. The summed E-state index contributed by atoms with van der Waals surface area (Å²) >= 11 is 3.10. The maximum absolute atomic E-state index is 7.14. The van der Waals surface area contributed by atoms with Crippen molar-refractivity contribution in [3.8, 4) is 0 Å². The molecule has 0 bridgehead atoms. The van der Waals surface area contributed by atoms with Crippen LogP contribution < -0.4 is 0 Å². The maximum Gasteiger partial charge on any atom is 0.114 e. The zero-order valence-electron chi connectivity index (χ0n) is 5.26. The number of nitrogens with one attached hydrogen (secondary N) is 1. The molecule has 0 unspecified atom stereocenters. The van der Waals surface area contributed by atoms with Crippen LogP contribution in [0.25, 0.3) is 0 Å². The first-order valence-electron chi connectivity index (χ1n) is 2.16. The minimum Gasteiger partial charge on any atom is -0.287 e. The van der Waals surface area contributed by atoms with Crippen molar-refractivity contribution >= 4 is 29.7 Å². The molecule has 0 fully saturated rings. The highest BCUT2D eigenvalue weighted by atomic mass is 32.2. The summed E-state index contributed by atoms with van der Waals surface area (Å²) in [6, 6.07) is 0. The van der Waals surface area contributed by atoms with E-state index in [9.17, 15) is 0 Å². The molecule has 48 valence electrons. The Hall–Kier alpha value is 0.170. The van der Waals surface area contributed by atoms with Crippen LogP contribution in [-0.4, -0.2) is 22.1 Å². The fourth-order valence-electron chi connectivity index (χ4n) is 0.348. The lowest BCUT2D eigenvalue weighted by Gasteiger charge is -2.14.